The number of benzene rings is 1. The maximum atomic E-state index is 15.3. The quantitative estimate of drug-likeness (QED) is 0.643. The van der Waals surface area contributed by atoms with Crippen LogP contribution >= 0.6 is 0 Å². The van der Waals surface area contributed by atoms with Crippen LogP contribution in [0, 0.1) is 11.6 Å². The van der Waals surface area contributed by atoms with Crippen LogP contribution in [0.1, 0.15) is 28.5 Å². The van der Waals surface area contributed by atoms with Gasteiger partial charge in [-0.15, -0.1) is 0 Å². The molecule has 10 heteroatoms. The van der Waals surface area contributed by atoms with Crippen molar-refractivity contribution < 1.29 is 18.7 Å². The van der Waals surface area contributed by atoms with E-state index in [1.807, 2.05) is 0 Å². The third-order valence-corrected chi connectivity index (χ3v) is 4.80. The van der Waals surface area contributed by atoms with Crippen LogP contribution in [0.25, 0.3) is 10.9 Å². The van der Waals surface area contributed by atoms with Gasteiger partial charge in [-0.25, -0.2) is 13.6 Å². The number of nitrogens with zero attached hydrogens (tertiary/aromatic N) is 3. The average molecular weight is 375 g/mol. The lowest BCUT2D eigenvalue weighted by molar-refractivity contribution is 0.0695. The van der Waals surface area contributed by atoms with Crippen molar-refractivity contribution in [1.82, 2.24) is 14.8 Å². The Bertz CT molecular complexity index is 1170. The lowest BCUT2D eigenvalue weighted by atomic mass is 10.1. The largest absolute Gasteiger partial charge is 0.477 e. The Labute approximate surface area is 150 Å². The van der Waals surface area contributed by atoms with Gasteiger partial charge in [-0.1, -0.05) is 0 Å². The summed E-state index contributed by atoms with van der Waals surface area (Å²) in [7, 11) is 0. The third-order valence-electron chi connectivity index (χ3n) is 4.80. The SMILES string of the molecule is CCn1cc(C(=O)O)c(=O)c2cc(F)c(N3Cc4[nH]nc(N)c4C3)c(F)c21. The van der Waals surface area contributed by atoms with Crippen molar-refractivity contribution in [2.45, 2.75) is 26.6 Å². The molecule has 140 valence electrons. The summed E-state index contributed by atoms with van der Waals surface area (Å²) in [6.07, 6.45) is 1.08. The fraction of sp³-hybridized carbons (Fsp3) is 0.235. The zero-order valence-corrected chi connectivity index (χ0v) is 14.2. The zero-order chi connectivity index (χ0) is 19.5. The number of rotatable bonds is 3. The number of hydrogen-bond donors (Lipinski definition) is 3. The van der Waals surface area contributed by atoms with Crippen LogP contribution in [-0.2, 0) is 19.6 Å². The fourth-order valence-corrected chi connectivity index (χ4v) is 3.49. The van der Waals surface area contributed by atoms with E-state index in [1.165, 1.54) is 9.47 Å². The number of nitrogens with two attached hydrogens (primary N) is 1. The molecule has 8 nitrogen and oxygen atoms in total. The van der Waals surface area contributed by atoms with Gasteiger partial charge < -0.3 is 20.3 Å². The Kier molecular flexibility index (Phi) is 3.65. The molecule has 4 N–H and O–H groups in total. The van der Waals surface area contributed by atoms with Crippen molar-refractivity contribution in [2.75, 3.05) is 10.6 Å². The molecule has 0 atom stereocenters. The standard InChI is InChI=1S/C17H15F2N5O3/c1-2-23-5-9(17(26)27)15(25)7-3-10(18)14(12(19)13(7)23)24-4-8-11(6-24)21-22-16(8)20/h3,5H,2,4,6H2,1H3,(H,26,27)(H3,20,21,22). The number of aromatic amines is 1. The Morgan fingerprint density at radius 2 is 2.15 bits per heavy atom. The molecule has 0 fully saturated rings. The van der Waals surface area contributed by atoms with Gasteiger partial charge in [0, 0.05) is 24.8 Å². The van der Waals surface area contributed by atoms with Crippen LogP contribution < -0.4 is 16.1 Å². The predicted molar refractivity (Wildman–Crippen MR) is 93.6 cm³/mol. The molecule has 1 aromatic carbocycles. The number of carbonyl (C=O) groups is 1. The number of aromatic nitrogens is 3. The summed E-state index contributed by atoms with van der Waals surface area (Å²) in [5.41, 5.74) is 5.20. The maximum Gasteiger partial charge on any atom is 0.341 e. The van der Waals surface area contributed by atoms with Crippen LogP contribution in [0.5, 0.6) is 0 Å². The fourth-order valence-electron chi connectivity index (χ4n) is 3.49. The minimum atomic E-state index is -1.45. The molecule has 3 heterocycles. The van der Waals surface area contributed by atoms with E-state index in [9.17, 15) is 19.1 Å². The monoisotopic (exact) mass is 375 g/mol. The van der Waals surface area contributed by atoms with Gasteiger partial charge in [0.1, 0.15) is 17.1 Å². The molecule has 0 aliphatic carbocycles. The lowest BCUT2D eigenvalue weighted by Crippen LogP contribution is -2.23. The molecule has 0 unspecified atom stereocenters. The molecule has 0 bridgehead atoms. The molecule has 27 heavy (non-hydrogen) atoms. The molecule has 3 aromatic rings. The number of carboxylic acid groups (broad SMARTS) is 1. The van der Waals surface area contributed by atoms with Crippen molar-refractivity contribution in [2.24, 2.45) is 0 Å². The van der Waals surface area contributed by atoms with Crippen molar-refractivity contribution in [1.29, 1.82) is 0 Å². The van der Waals surface area contributed by atoms with Gasteiger partial charge >= 0.3 is 5.97 Å². The minimum absolute atomic E-state index is 0.134. The Balaban J connectivity index is 1.95. The van der Waals surface area contributed by atoms with Crippen molar-refractivity contribution in [3.63, 3.8) is 0 Å². The van der Waals surface area contributed by atoms with E-state index in [2.05, 4.69) is 10.2 Å². The number of halogens is 2. The van der Waals surface area contributed by atoms with Crippen molar-refractivity contribution >= 4 is 28.4 Å². The molecule has 0 spiro atoms. The Hall–Kier alpha value is -3.43. The van der Waals surface area contributed by atoms with Gasteiger partial charge in [0.2, 0.25) is 5.43 Å². The molecular formula is C17H15F2N5O3. The van der Waals surface area contributed by atoms with Crippen LogP contribution in [0.3, 0.4) is 0 Å². The molecule has 4 rings (SSSR count). The highest BCUT2D eigenvalue weighted by Crippen LogP contribution is 2.36. The summed E-state index contributed by atoms with van der Waals surface area (Å²) in [5.74, 6) is -3.04. The molecule has 1 aliphatic rings. The number of fused-ring (bicyclic) bond motifs is 2. The van der Waals surface area contributed by atoms with Gasteiger partial charge in [0.05, 0.1) is 23.1 Å². The lowest BCUT2D eigenvalue weighted by Gasteiger charge is -2.21. The number of pyridine rings is 1. The van der Waals surface area contributed by atoms with Gasteiger partial charge in [-0.2, -0.15) is 5.10 Å². The van der Waals surface area contributed by atoms with E-state index in [0.29, 0.717) is 11.3 Å². The highest BCUT2D eigenvalue weighted by Gasteiger charge is 2.30. The number of aryl methyl sites for hydroxylation is 1. The first kappa shape index (κ1) is 17.0. The first-order valence-corrected chi connectivity index (χ1v) is 8.18. The summed E-state index contributed by atoms with van der Waals surface area (Å²) in [5, 5.41) is 15.5. The van der Waals surface area contributed by atoms with Gasteiger partial charge in [0.25, 0.3) is 0 Å². The topological polar surface area (TPSA) is 117 Å². The van der Waals surface area contributed by atoms with Crippen LogP contribution in [-0.4, -0.2) is 25.8 Å². The molecule has 2 aromatic heterocycles. The van der Waals surface area contributed by atoms with E-state index in [1.54, 1.807) is 6.92 Å². The summed E-state index contributed by atoms with van der Waals surface area (Å²) in [6, 6.07) is 0.892. The first-order valence-electron chi connectivity index (χ1n) is 8.18. The first-order chi connectivity index (χ1) is 12.8. The molecule has 0 amide bonds. The van der Waals surface area contributed by atoms with Gasteiger partial charge in [0.15, 0.2) is 11.6 Å². The number of nitrogen functional groups attached to an aromatic ring is 1. The number of H-pyrrole nitrogens is 1. The Morgan fingerprint density at radius 3 is 2.78 bits per heavy atom. The predicted octanol–water partition coefficient (Wildman–Crippen LogP) is 1.82. The summed E-state index contributed by atoms with van der Waals surface area (Å²) in [4.78, 5) is 25.1. The Morgan fingerprint density at radius 1 is 1.41 bits per heavy atom. The highest BCUT2D eigenvalue weighted by molar-refractivity contribution is 5.94. The zero-order valence-electron chi connectivity index (χ0n) is 14.2. The van der Waals surface area contributed by atoms with E-state index in [0.717, 1.165) is 12.3 Å². The second kappa shape index (κ2) is 5.79. The number of aromatic carboxylic acids is 1. The second-order valence-corrected chi connectivity index (χ2v) is 6.30. The van der Waals surface area contributed by atoms with E-state index >= 15 is 4.39 Å². The normalized spacial score (nSPS) is 13.4. The number of anilines is 2. The molecule has 0 saturated heterocycles. The van der Waals surface area contributed by atoms with Crippen molar-refractivity contribution in [3.8, 4) is 0 Å². The summed E-state index contributed by atoms with van der Waals surface area (Å²) >= 11 is 0. The summed E-state index contributed by atoms with van der Waals surface area (Å²) in [6.45, 7) is 2.23. The number of carboxylic acids is 1. The van der Waals surface area contributed by atoms with Crippen LogP contribution in [0.15, 0.2) is 17.1 Å². The van der Waals surface area contributed by atoms with E-state index < -0.39 is 28.6 Å². The van der Waals surface area contributed by atoms with Crippen LogP contribution in [0.2, 0.25) is 0 Å². The molecule has 0 radical (unpaired) electrons. The highest BCUT2D eigenvalue weighted by atomic mass is 19.1. The van der Waals surface area contributed by atoms with Gasteiger partial charge in [-0.3, -0.25) is 9.89 Å². The number of hydrogen-bond acceptors (Lipinski definition) is 5. The molecular weight excluding hydrogens is 360 g/mol. The average Bonchev–Trinajstić information content (AvgIpc) is 3.17. The minimum Gasteiger partial charge on any atom is -0.477 e. The second-order valence-electron chi connectivity index (χ2n) is 6.30. The van der Waals surface area contributed by atoms with E-state index in [-0.39, 0.29) is 42.0 Å². The number of nitrogens with one attached hydrogen (secondary N) is 1. The molecule has 0 saturated carbocycles. The smallest absolute Gasteiger partial charge is 0.341 e. The summed E-state index contributed by atoms with van der Waals surface area (Å²) < 4.78 is 31.4. The molecule has 1 aliphatic heterocycles. The van der Waals surface area contributed by atoms with Crippen LogP contribution in [0.4, 0.5) is 20.3 Å². The van der Waals surface area contributed by atoms with E-state index in [4.69, 9.17) is 5.73 Å². The maximum absolute atomic E-state index is 15.3. The van der Waals surface area contributed by atoms with Gasteiger partial charge in [-0.05, 0) is 13.0 Å². The van der Waals surface area contributed by atoms with Crippen molar-refractivity contribution in [3.05, 3.63) is 50.9 Å². The third kappa shape index (κ3) is 2.36.